The fraction of sp³-hybridized carbons (Fsp3) is 0.478. The number of hydrogen-bond donors (Lipinski definition) is 0. The average molecular weight is 522 g/mol. The maximum atomic E-state index is 13.0. The number of aryl methyl sites for hydroxylation is 1. The Kier molecular flexibility index (Phi) is 8.53. The van der Waals surface area contributed by atoms with Crippen molar-refractivity contribution < 1.29 is 14.3 Å². The van der Waals surface area contributed by atoms with Crippen LogP contribution in [0.3, 0.4) is 0 Å². The van der Waals surface area contributed by atoms with Crippen LogP contribution >= 0.6 is 27.7 Å². The molecule has 1 unspecified atom stereocenters. The molecule has 1 aromatic carbocycles. The lowest BCUT2D eigenvalue weighted by molar-refractivity contribution is -0.151. The van der Waals surface area contributed by atoms with Gasteiger partial charge in [-0.25, -0.2) is 4.98 Å². The second-order valence-electron chi connectivity index (χ2n) is 7.85. The summed E-state index contributed by atoms with van der Waals surface area (Å²) in [5.74, 6) is -0.393. The van der Waals surface area contributed by atoms with Gasteiger partial charge in [-0.05, 0) is 44.4 Å². The van der Waals surface area contributed by atoms with E-state index in [2.05, 4.69) is 20.9 Å². The van der Waals surface area contributed by atoms with E-state index in [0.29, 0.717) is 42.5 Å². The zero-order valence-corrected chi connectivity index (χ0v) is 21.0. The predicted molar refractivity (Wildman–Crippen MR) is 128 cm³/mol. The third-order valence-corrected chi connectivity index (χ3v) is 7.11. The number of likely N-dealkylation sites (tertiary alicyclic amines) is 1. The molecular formula is C23H28BrN3O4S. The minimum atomic E-state index is -0.264. The maximum absolute atomic E-state index is 13.0. The molecular weight excluding hydrogens is 494 g/mol. The lowest BCUT2D eigenvalue weighted by Crippen LogP contribution is -2.43. The fourth-order valence-corrected chi connectivity index (χ4v) is 4.92. The Labute approximate surface area is 200 Å². The van der Waals surface area contributed by atoms with E-state index in [0.717, 1.165) is 22.9 Å². The van der Waals surface area contributed by atoms with Crippen molar-refractivity contribution in [3.05, 3.63) is 55.9 Å². The number of thioether (sulfide) groups is 1. The largest absolute Gasteiger partial charge is 0.466 e. The zero-order chi connectivity index (χ0) is 23.3. The number of nitrogens with zero attached hydrogens (tertiary/aromatic N) is 3. The molecule has 1 aliphatic heterocycles. The second kappa shape index (κ2) is 11.1. The second-order valence-corrected chi connectivity index (χ2v) is 9.70. The van der Waals surface area contributed by atoms with E-state index in [1.54, 1.807) is 18.9 Å². The van der Waals surface area contributed by atoms with Crippen molar-refractivity contribution in [3.8, 4) is 0 Å². The minimum Gasteiger partial charge on any atom is -0.466 e. The van der Waals surface area contributed by atoms with Crippen LogP contribution < -0.4 is 5.56 Å². The highest BCUT2D eigenvalue weighted by Gasteiger charge is 2.29. The minimum absolute atomic E-state index is 0.0603. The lowest BCUT2D eigenvalue weighted by atomic mass is 9.98. The molecule has 1 atom stereocenters. The monoisotopic (exact) mass is 521 g/mol. The van der Waals surface area contributed by atoms with Crippen LogP contribution in [0.25, 0.3) is 0 Å². The highest BCUT2D eigenvalue weighted by Crippen LogP contribution is 2.22. The van der Waals surface area contributed by atoms with Crippen LogP contribution in [-0.2, 0) is 27.8 Å². The Hall–Kier alpha value is -2.13. The van der Waals surface area contributed by atoms with Crippen molar-refractivity contribution in [2.24, 2.45) is 13.0 Å². The molecule has 1 fully saturated rings. The summed E-state index contributed by atoms with van der Waals surface area (Å²) in [6.07, 6.45) is 2.02. The highest BCUT2D eigenvalue weighted by atomic mass is 79.9. The Balaban J connectivity index is 1.66. The Morgan fingerprint density at radius 2 is 2.00 bits per heavy atom. The summed E-state index contributed by atoms with van der Waals surface area (Å²) in [5.41, 5.74) is 2.26. The number of hydrogen-bond acceptors (Lipinski definition) is 6. The van der Waals surface area contributed by atoms with E-state index in [-0.39, 0.29) is 29.1 Å². The first-order valence-electron chi connectivity index (χ1n) is 10.7. The van der Waals surface area contributed by atoms with Crippen molar-refractivity contribution >= 4 is 39.6 Å². The number of ether oxygens (including phenoxy) is 1. The number of amides is 1. The van der Waals surface area contributed by atoms with Crippen molar-refractivity contribution in [1.82, 2.24) is 14.5 Å². The van der Waals surface area contributed by atoms with Crippen LogP contribution in [0.2, 0.25) is 0 Å². The van der Waals surface area contributed by atoms with Crippen LogP contribution in [0.15, 0.2) is 38.7 Å². The van der Waals surface area contributed by atoms with Gasteiger partial charge in [0.2, 0.25) is 5.91 Å². The lowest BCUT2D eigenvalue weighted by Gasteiger charge is -2.31. The van der Waals surface area contributed by atoms with Gasteiger partial charge in [0.1, 0.15) is 0 Å². The van der Waals surface area contributed by atoms with E-state index in [9.17, 15) is 14.4 Å². The molecule has 0 N–H and O–H groups in total. The van der Waals surface area contributed by atoms with Crippen LogP contribution in [0.1, 0.15) is 36.6 Å². The molecule has 0 bridgehead atoms. The SMILES string of the molecule is CCOC(=O)C1CCCN(C(=O)CSc2nc(C)c(Cc3ccc(Br)cc3)c(=O)n2C)C1. The van der Waals surface area contributed by atoms with E-state index in [4.69, 9.17) is 4.74 Å². The first-order chi connectivity index (χ1) is 15.3. The number of esters is 1. The number of carbonyl (C=O) groups is 2. The molecule has 0 spiro atoms. The van der Waals surface area contributed by atoms with Gasteiger partial charge in [0, 0.05) is 42.3 Å². The summed E-state index contributed by atoms with van der Waals surface area (Å²) in [7, 11) is 1.68. The number of halogens is 1. The van der Waals surface area contributed by atoms with E-state index >= 15 is 0 Å². The molecule has 2 heterocycles. The summed E-state index contributed by atoms with van der Waals surface area (Å²) in [4.78, 5) is 44.1. The van der Waals surface area contributed by atoms with Gasteiger partial charge in [0.25, 0.3) is 5.56 Å². The van der Waals surface area contributed by atoms with Gasteiger partial charge < -0.3 is 9.64 Å². The predicted octanol–water partition coefficient (Wildman–Crippen LogP) is 3.34. The number of rotatable bonds is 7. The Morgan fingerprint density at radius 1 is 1.28 bits per heavy atom. The van der Waals surface area contributed by atoms with E-state index in [1.807, 2.05) is 31.2 Å². The normalized spacial score (nSPS) is 16.1. The highest BCUT2D eigenvalue weighted by molar-refractivity contribution is 9.10. The summed E-state index contributed by atoms with van der Waals surface area (Å²) in [5, 5.41) is 0.513. The molecule has 1 aromatic heterocycles. The van der Waals surface area contributed by atoms with Crippen LogP contribution in [0, 0.1) is 12.8 Å². The quantitative estimate of drug-likeness (QED) is 0.315. The fourth-order valence-electron chi connectivity index (χ4n) is 3.74. The number of carbonyl (C=O) groups excluding carboxylic acids is 2. The molecule has 0 radical (unpaired) electrons. The van der Waals surface area contributed by atoms with Crippen molar-refractivity contribution in [3.63, 3.8) is 0 Å². The molecule has 2 aromatic rings. The van der Waals surface area contributed by atoms with Crippen molar-refractivity contribution in [2.45, 2.75) is 38.3 Å². The molecule has 3 rings (SSSR count). The molecule has 9 heteroatoms. The standard InChI is InChI=1S/C23H28BrN3O4S/c1-4-31-22(30)17-6-5-11-27(13-17)20(28)14-32-23-25-15(2)19(21(29)26(23)3)12-16-7-9-18(24)10-8-16/h7-10,17H,4-6,11-14H2,1-3H3. The van der Waals surface area contributed by atoms with Gasteiger partial charge in [-0.2, -0.15) is 0 Å². The third kappa shape index (κ3) is 6.01. The topological polar surface area (TPSA) is 81.5 Å². The van der Waals surface area contributed by atoms with Crippen molar-refractivity contribution in [2.75, 3.05) is 25.4 Å². The maximum Gasteiger partial charge on any atom is 0.310 e. The molecule has 172 valence electrons. The molecule has 0 saturated carbocycles. The van der Waals surface area contributed by atoms with Gasteiger partial charge >= 0.3 is 5.97 Å². The first kappa shape index (κ1) is 24.5. The van der Waals surface area contributed by atoms with Gasteiger partial charge in [0.15, 0.2) is 5.16 Å². The summed E-state index contributed by atoms with van der Waals surface area (Å²) >= 11 is 4.67. The molecule has 7 nitrogen and oxygen atoms in total. The molecule has 1 amide bonds. The van der Waals surface area contributed by atoms with Crippen molar-refractivity contribution in [1.29, 1.82) is 0 Å². The average Bonchev–Trinajstić information content (AvgIpc) is 2.79. The van der Waals surface area contributed by atoms with Crippen LogP contribution in [0.4, 0.5) is 0 Å². The zero-order valence-electron chi connectivity index (χ0n) is 18.6. The number of aromatic nitrogens is 2. The Bertz CT molecular complexity index is 1040. The third-order valence-electron chi connectivity index (χ3n) is 5.56. The van der Waals surface area contributed by atoms with Gasteiger partial charge in [0.05, 0.1) is 18.3 Å². The van der Waals surface area contributed by atoms with Gasteiger partial charge in [-0.15, -0.1) is 0 Å². The summed E-state index contributed by atoms with van der Waals surface area (Å²) in [6.45, 7) is 4.97. The smallest absolute Gasteiger partial charge is 0.310 e. The number of piperidine rings is 1. The van der Waals surface area contributed by atoms with Crippen LogP contribution in [-0.4, -0.2) is 51.8 Å². The van der Waals surface area contributed by atoms with E-state index in [1.165, 1.54) is 16.3 Å². The van der Waals surface area contributed by atoms with Gasteiger partial charge in [-0.1, -0.05) is 39.8 Å². The summed E-state index contributed by atoms with van der Waals surface area (Å²) < 4.78 is 7.61. The molecule has 1 saturated heterocycles. The molecule has 32 heavy (non-hydrogen) atoms. The number of benzene rings is 1. The summed E-state index contributed by atoms with van der Waals surface area (Å²) in [6, 6.07) is 7.86. The first-order valence-corrected chi connectivity index (χ1v) is 12.5. The van der Waals surface area contributed by atoms with Gasteiger partial charge in [-0.3, -0.25) is 19.0 Å². The Morgan fingerprint density at radius 3 is 2.69 bits per heavy atom. The molecule has 0 aliphatic carbocycles. The molecule has 1 aliphatic rings. The van der Waals surface area contributed by atoms with Crippen LogP contribution in [0.5, 0.6) is 0 Å². The van der Waals surface area contributed by atoms with E-state index < -0.39 is 0 Å².